The van der Waals surface area contributed by atoms with Gasteiger partial charge in [0.1, 0.15) is 12.1 Å². The summed E-state index contributed by atoms with van der Waals surface area (Å²) >= 11 is 0. The first-order chi connectivity index (χ1) is 8.87. The van der Waals surface area contributed by atoms with Crippen LogP contribution in [0.1, 0.15) is 33.6 Å². The van der Waals surface area contributed by atoms with Gasteiger partial charge in [0, 0.05) is 6.04 Å². The Morgan fingerprint density at radius 1 is 1.32 bits per heavy atom. The number of carbonyl (C=O) groups is 2. The van der Waals surface area contributed by atoms with E-state index in [2.05, 4.69) is 5.32 Å². The summed E-state index contributed by atoms with van der Waals surface area (Å²) in [5.74, 6) is 0.0257. The van der Waals surface area contributed by atoms with E-state index in [-0.39, 0.29) is 18.5 Å². The molecule has 6 nitrogen and oxygen atoms in total. The van der Waals surface area contributed by atoms with Crippen LogP contribution < -0.4 is 5.32 Å². The van der Waals surface area contributed by atoms with Gasteiger partial charge in [0.15, 0.2) is 0 Å². The lowest BCUT2D eigenvalue weighted by Gasteiger charge is -2.31. The molecule has 2 aliphatic heterocycles. The van der Waals surface area contributed by atoms with E-state index in [0.717, 1.165) is 25.9 Å². The maximum Gasteiger partial charge on any atom is 0.412 e. The summed E-state index contributed by atoms with van der Waals surface area (Å²) in [7, 11) is 0. The molecule has 0 saturated carbocycles. The highest BCUT2D eigenvalue weighted by Gasteiger charge is 2.37. The molecule has 0 spiro atoms. The van der Waals surface area contributed by atoms with E-state index in [0.29, 0.717) is 6.67 Å². The molecule has 2 amide bonds. The van der Waals surface area contributed by atoms with Crippen molar-refractivity contribution in [1.29, 1.82) is 0 Å². The highest BCUT2D eigenvalue weighted by atomic mass is 16.6. The monoisotopic (exact) mass is 269 g/mol. The van der Waals surface area contributed by atoms with E-state index in [1.54, 1.807) is 0 Å². The standard InChI is InChI=1S/C13H23N3O3/c1-13(2,3)19-12(18)15-8-11(17)16(9-15)10-4-6-14-7-5-10/h10,14H,4-9H2,1-3H3. The van der Waals surface area contributed by atoms with Gasteiger partial charge in [-0.3, -0.25) is 9.69 Å². The molecule has 0 bridgehead atoms. The molecule has 2 aliphatic rings. The molecule has 19 heavy (non-hydrogen) atoms. The first kappa shape index (κ1) is 14.1. The Bertz CT molecular complexity index is 359. The summed E-state index contributed by atoms with van der Waals surface area (Å²) in [5, 5.41) is 3.27. The zero-order valence-electron chi connectivity index (χ0n) is 11.9. The third kappa shape index (κ3) is 3.59. The van der Waals surface area contributed by atoms with Crippen LogP contribution in [-0.4, -0.2) is 59.7 Å². The molecule has 2 heterocycles. The Hall–Kier alpha value is -1.30. The largest absolute Gasteiger partial charge is 0.444 e. The Balaban J connectivity index is 1.93. The highest BCUT2D eigenvalue weighted by Crippen LogP contribution is 2.19. The summed E-state index contributed by atoms with van der Waals surface area (Å²) in [4.78, 5) is 27.2. The van der Waals surface area contributed by atoms with Crippen LogP contribution in [0.15, 0.2) is 0 Å². The zero-order chi connectivity index (χ0) is 14.0. The van der Waals surface area contributed by atoms with Crippen molar-refractivity contribution in [3.8, 4) is 0 Å². The first-order valence-electron chi connectivity index (χ1n) is 6.85. The molecule has 0 radical (unpaired) electrons. The molecular weight excluding hydrogens is 246 g/mol. The van der Waals surface area contributed by atoms with Gasteiger partial charge in [-0.15, -0.1) is 0 Å². The Morgan fingerprint density at radius 2 is 1.95 bits per heavy atom. The number of amides is 2. The molecule has 0 aromatic heterocycles. The average Bonchev–Trinajstić information content (AvgIpc) is 2.70. The molecule has 0 aliphatic carbocycles. The molecule has 108 valence electrons. The van der Waals surface area contributed by atoms with Crippen LogP contribution in [0.4, 0.5) is 4.79 Å². The van der Waals surface area contributed by atoms with E-state index in [9.17, 15) is 9.59 Å². The number of hydrogen-bond donors (Lipinski definition) is 1. The Labute approximate surface area is 114 Å². The molecule has 0 aromatic carbocycles. The quantitative estimate of drug-likeness (QED) is 0.764. The Kier molecular flexibility index (Phi) is 3.99. The van der Waals surface area contributed by atoms with Gasteiger partial charge in [0.2, 0.25) is 5.91 Å². The number of piperidine rings is 1. The molecule has 2 rings (SSSR count). The second-order valence-corrected chi connectivity index (χ2v) is 6.16. The molecule has 2 fully saturated rings. The minimum Gasteiger partial charge on any atom is -0.444 e. The fourth-order valence-corrected chi connectivity index (χ4v) is 2.45. The molecule has 2 saturated heterocycles. The lowest BCUT2D eigenvalue weighted by molar-refractivity contribution is -0.129. The molecule has 0 atom stereocenters. The normalized spacial score (nSPS) is 21.9. The minimum atomic E-state index is -0.525. The maximum atomic E-state index is 12.0. The third-order valence-corrected chi connectivity index (χ3v) is 3.37. The summed E-state index contributed by atoms with van der Waals surface area (Å²) in [6.07, 6.45) is 1.50. The molecule has 0 aromatic rings. The number of ether oxygens (including phenoxy) is 1. The van der Waals surface area contributed by atoms with Crippen molar-refractivity contribution >= 4 is 12.0 Å². The predicted octanol–water partition coefficient (Wildman–Crippen LogP) is 0.775. The smallest absolute Gasteiger partial charge is 0.412 e. The molecular formula is C13H23N3O3. The van der Waals surface area contributed by atoms with Gasteiger partial charge < -0.3 is 15.0 Å². The third-order valence-electron chi connectivity index (χ3n) is 3.37. The lowest BCUT2D eigenvalue weighted by Crippen LogP contribution is -2.45. The number of nitrogens with zero attached hydrogens (tertiary/aromatic N) is 2. The van der Waals surface area contributed by atoms with Crippen LogP contribution in [-0.2, 0) is 9.53 Å². The summed E-state index contributed by atoms with van der Waals surface area (Å²) in [5.41, 5.74) is -0.525. The van der Waals surface area contributed by atoms with Crippen molar-refractivity contribution in [2.24, 2.45) is 0 Å². The van der Waals surface area contributed by atoms with Gasteiger partial charge in [0.05, 0.1) is 6.67 Å². The van der Waals surface area contributed by atoms with Crippen molar-refractivity contribution in [2.75, 3.05) is 26.3 Å². The van der Waals surface area contributed by atoms with E-state index in [1.165, 1.54) is 4.90 Å². The Morgan fingerprint density at radius 3 is 2.53 bits per heavy atom. The summed E-state index contributed by atoms with van der Waals surface area (Å²) in [6.45, 7) is 7.84. The van der Waals surface area contributed by atoms with E-state index >= 15 is 0 Å². The van der Waals surface area contributed by atoms with Gasteiger partial charge in [-0.2, -0.15) is 0 Å². The predicted molar refractivity (Wildman–Crippen MR) is 70.5 cm³/mol. The molecule has 1 N–H and O–H groups in total. The van der Waals surface area contributed by atoms with Crippen molar-refractivity contribution in [2.45, 2.75) is 45.3 Å². The van der Waals surface area contributed by atoms with E-state index < -0.39 is 11.7 Å². The van der Waals surface area contributed by atoms with Crippen LogP contribution >= 0.6 is 0 Å². The number of carbonyl (C=O) groups excluding carboxylic acids is 2. The van der Waals surface area contributed by atoms with E-state index in [4.69, 9.17) is 4.74 Å². The second-order valence-electron chi connectivity index (χ2n) is 6.16. The van der Waals surface area contributed by atoms with Gasteiger partial charge in [-0.05, 0) is 46.7 Å². The SMILES string of the molecule is CC(C)(C)OC(=O)N1CC(=O)N(C2CCNCC2)C1. The lowest BCUT2D eigenvalue weighted by atomic mass is 10.1. The zero-order valence-corrected chi connectivity index (χ0v) is 11.9. The highest BCUT2D eigenvalue weighted by molar-refractivity contribution is 5.85. The van der Waals surface area contributed by atoms with Crippen LogP contribution in [0.25, 0.3) is 0 Å². The second kappa shape index (κ2) is 5.36. The first-order valence-corrected chi connectivity index (χ1v) is 6.85. The minimum absolute atomic E-state index is 0.0257. The van der Waals surface area contributed by atoms with Gasteiger partial charge in [-0.1, -0.05) is 0 Å². The number of nitrogens with one attached hydrogen (secondary N) is 1. The van der Waals surface area contributed by atoms with Crippen LogP contribution in [0.3, 0.4) is 0 Å². The molecule has 0 unspecified atom stereocenters. The topological polar surface area (TPSA) is 61.9 Å². The summed E-state index contributed by atoms with van der Waals surface area (Å²) in [6, 6.07) is 0.251. The maximum absolute atomic E-state index is 12.0. The van der Waals surface area contributed by atoms with Crippen molar-refractivity contribution < 1.29 is 14.3 Å². The van der Waals surface area contributed by atoms with Gasteiger partial charge in [0.25, 0.3) is 0 Å². The van der Waals surface area contributed by atoms with Crippen LogP contribution in [0.2, 0.25) is 0 Å². The van der Waals surface area contributed by atoms with Gasteiger partial charge in [-0.25, -0.2) is 4.79 Å². The van der Waals surface area contributed by atoms with Crippen molar-refractivity contribution in [3.63, 3.8) is 0 Å². The summed E-state index contributed by atoms with van der Waals surface area (Å²) < 4.78 is 5.30. The van der Waals surface area contributed by atoms with Crippen LogP contribution in [0.5, 0.6) is 0 Å². The fourth-order valence-electron chi connectivity index (χ4n) is 2.45. The molecule has 6 heteroatoms. The average molecular weight is 269 g/mol. The van der Waals surface area contributed by atoms with Crippen molar-refractivity contribution in [1.82, 2.24) is 15.1 Å². The van der Waals surface area contributed by atoms with Crippen LogP contribution in [0, 0.1) is 0 Å². The van der Waals surface area contributed by atoms with Crippen molar-refractivity contribution in [3.05, 3.63) is 0 Å². The number of hydrogen-bond acceptors (Lipinski definition) is 4. The number of rotatable bonds is 1. The van der Waals surface area contributed by atoms with Gasteiger partial charge >= 0.3 is 6.09 Å². The van der Waals surface area contributed by atoms with E-state index in [1.807, 2.05) is 25.7 Å². The fraction of sp³-hybridized carbons (Fsp3) is 0.846.